The fourth-order valence-corrected chi connectivity index (χ4v) is 2.22. The van der Waals surface area contributed by atoms with Crippen LogP contribution in [0.5, 0.6) is 5.75 Å². The maximum atomic E-state index is 11.7. The third-order valence-electron chi connectivity index (χ3n) is 2.29. The summed E-state index contributed by atoms with van der Waals surface area (Å²) in [4.78, 5) is 0.253. The van der Waals surface area contributed by atoms with Crippen molar-refractivity contribution in [1.82, 2.24) is 0 Å². The fraction of sp³-hybridized carbons (Fsp3) is 0.333. The Balaban J connectivity index is 3.14. The SMILES string of the molecule is C#CCNc1ccc(S(=O)(=O)CC)cc1OC. The van der Waals surface area contributed by atoms with Gasteiger partial charge in [0.1, 0.15) is 5.75 Å². The minimum absolute atomic E-state index is 0.0628. The van der Waals surface area contributed by atoms with E-state index in [0.717, 1.165) is 0 Å². The summed E-state index contributed by atoms with van der Waals surface area (Å²) in [6, 6.07) is 4.69. The van der Waals surface area contributed by atoms with Gasteiger partial charge >= 0.3 is 0 Å². The lowest BCUT2D eigenvalue weighted by Gasteiger charge is -2.11. The Morgan fingerprint density at radius 3 is 2.71 bits per heavy atom. The molecule has 1 aromatic rings. The van der Waals surface area contributed by atoms with E-state index in [2.05, 4.69) is 11.2 Å². The number of hydrogen-bond donors (Lipinski definition) is 1. The third-order valence-corrected chi connectivity index (χ3v) is 4.03. The molecule has 0 aromatic heterocycles. The summed E-state index contributed by atoms with van der Waals surface area (Å²) in [5.74, 6) is 2.97. The van der Waals surface area contributed by atoms with Crippen LogP contribution in [-0.2, 0) is 9.84 Å². The highest BCUT2D eigenvalue weighted by Crippen LogP contribution is 2.27. The smallest absolute Gasteiger partial charge is 0.178 e. The molecule has 0 bridgehead atoms. The third kappa shape index (κ3) is 3.14. The Labute approximate surface area is 102 Å². The van der Waals surface area contributed by atoms with Gasteiger partial charge in [0, 0.05) is 6.07 Å². The monoisotopic (exact) mass is 253 g/mol. The van der Waals surface area contributed by atoms with Crippen LogP contribution in [0.1, 0.15) is 6.92 Å². The second-order valence-electron chi connectivity index (χ2n) is 3.32. The summed E-state index contributed by atoms with van der Waals surface area (Å²) >= 11 is 0. The van der Waals surface area contributed by atoms with Gasteiger partial charge in [0.05, 0.1) is 30.0 Å². The molecule has 0 heterocycles. The lowest BCUT2D eigenvalue weighted by molar-refractivity contribution is 0.415. The summed E-state index contributed by atoms with van der Waals surface area (Å²) in [6.45, 7) is 1.96. The Bertz CT molecular complexity index is 529. The molecule has 5 heteroatoms. The van der Waals surface area contributed by atoms with E-state index in [0.29, 0.717) is 18.0 Å². The first-order valence-electron chi connectivity index (χ1n) is 5.13. The minimum Gasteiger partial charge on any atom is -0.495 e. The van der Waals surface area contributed by atoms with E-state index in [4.69, 9.17) is 11.2 Å². The van der Waals surface area contributed by atoms with Crippen molar-refractivity contribution in [2.45, 2.75) is 11.8 Å². The van der Waals surface area contributed by atoms with Gasteiger partial charge in [-0.05, 0) is 12.1 Å². The summed E-state index contributed by atoms with van der Waals surface area (Å²) in [5.41, 5.74) is 0.681. The molecule has 17 heavy (non-hydrogen) atoms. The second kappa shape index (κ2) is 5.60. The zero-order chi connectivity index (χ0) is 12.9. The van der Waals surface area contributed by atoms with E-state index in [-0.39, 0.29) is 10.6 Å². The average Bonchev–Trinajstić information content (AvgIpc) is 2.35. The largest absolute Gasteiger partial charge is 0.495 e. The quantitative estimate of drug-likeness (QED) is 0.809. The highest BCUT2D eigenvalue weighted by molar-refractivity contribution is 7.91. The van der Waals surface area contributed by atoms with Crippen LogP contribution in [0.2, 0.25) is 0 Å². The van der Waals surface area contributed by atoms with Crippen LogP contribution in [0.15, 0.2) is 23.1 Å². The molecule has 0 atom stereocenters. The van der Waals surface area contributed by atoms with Gasteiger partial charge in [-0.25, -0.2) is 8.42 Å². The van der Waals surface area contributed by atoms with Crippen molar-refractivity contribution >= 4 is 15.5 Å². The van der Waals surface area contributed by atoms with Crippen molar-refractivity contribution in [1.29, 1.82) is 0 Å². The van der Waals surface area contributed by atoms with Crippen LogP contribution < -0.4 is 10.1 Å². The van der Waals surface area contributed by atoms with Gasteiger partial charge < -0.3 is 10.1 Å². The van der Waals surface area contributed by atoms with E-state index in [1.54, 1.807) is 19.1 Å². The predicted molar refractivity (Wildman–Crippen MR) is 68.0 cm³/mol. The molecule has 0 aliphatic rings. The van der Waals surface area contributed by atoms with Crippen molar-refractivity contribution in [3.8, 4) is 18.1 Å². The molecule has 0 radical (unpaired) electrons. The number of anilines is 1. The molecule has 0 saturated heterocycles. The summed E-state index contributed by atoms with van der Waals surface area (Å²) in [6.07, 6.45) is 5.14. The minimum atomic E-state index is -3.22. The fourth-order valence-electron chi connectivity index (χ4n) is 1.32. The molecule has 0 unspecified atom stereocenters. The number of benzene rings is 1. The zero-order valence-electron chi connectivity index (χ0n) is 9.86. The van der Waals surface area contributed by atoms with E-state index < -0.39 is 9.84 Å². The van der Waals surface area contributed by atoms with Gasteiger partial charge in [0.25, 0.3) is 0 Å². The lowest BCUT2D eigenvalue weighted by atomic mass is 10.3. The highest BCUT2D eigenvalue weighted by Gasteiger charge is 2.14. The number of hydrogen-bond acceptors (Lipinski definition) is 4. The first kappa shape index (κ1) is 13.4. The van der Waals surface area contributed by atoms with E-state index in [9.17, 15) is 8.42 Å². The Morgan fingerprint density at radius 2 is 2.18 bits per heavy atom. The molecule has 1 N–H and O–H groups in total. The molecule has 0 aliphatic heterocycles. The van der Waals surface area contributed by atoms with Crippen LogP contribution in [0.3, 0.4) is 0 Å². The van der Waals surface area contributed by atoms with Crippen LogP contribution in [-0.4, -0.2) is 27.8 Å². The Hall–Kier alpha value is -1.67. The molecule has 0 amide bonds. The van der Waals surface area contributed by atoms with E-state index in [1.165, 1.54) is 13.2 Å². The van der Waals surface area contributed by atoms with Crippen molar-refractivity contribution < 1.29 is 13.2 Å². The zero-order valence-corrected chi connectivity index (χ0v) is 10.7. The maximum Gasteiger partial charge on any atom is 0.178 e. The molecular weight excluding hydrogens is 238 g/mol. The highest BCUT2D eigenvalue weighted by atomic mass is 32.2. The van der Waals surface area contributed by atoms with Crippen molar-refractivity contribution in [3.05, 3.63) is 18.2 Å². The van der Waals surface area contributed by atoms with Gasteiger partial charge in [-0.3, -0.25) is 0 Å². The van der Waals surface area contributed by atoms with Crippen LogP contribution >= 0.6 is 0 Å². The first-order valence-corrected chi connectivity index (χ1v) is 6.78. The number of rotatable bonds is 5. The first-order chi connectivity index (χ1) is 8.05. The van der Waals surface area contributed by atoms with Gasteiger partial charge in [0.2, 0.25) is 0 Å². The number of ether oxygens (including phenoxy) is 1. The normalized spacial score (nSPS) is 10.6. The average molecular weight is 253 g/mol. The van der Waals surface area contributed by atoms with Crippen LogP contribution in [0, 0.1) is 12.3 Å². The summed E-state index contributed by atoms with van der Waals surface area (Å²) in [5, 5.41) is 2.95. The molecule has 0 fully saturated rings. The molecule has 92 valence electrons. The number of sulfone groups is 1. The van der Waals surface area contributed by atoms with Gasteiger partial charge in [-0.2, -0.15) is 0 Å². The van der Waals surface area contributed by atoms with Gasteiger partial charge in [-0.1, -0.05) is 12.8 Å². The van der Waals surface area contributed by atoms with Crippen LogP contribution in [0.25, 0.3) is 0 Å². The Kier molecular flexibility index (Phi) is 4.41. The van der Waals surface area contributed by atoms with Crippen molar-refractivity contribution in [3.63, 3.8) is 0 Å². The molecule has 0 aliphatic carbocycles. The molecular formula is C12H15NO3S. The van der Waals surface area contributed by atoms with Crippen LogP contribution in [0.4, 0.5) is 5.69 Å². The number of terminal acetylenes is 1. The predicted octanol–water partition coefficient (Wildman–Crippen LogP) is 1.53. The van der Waals surface area contributed by atoms with E-state index in [1.807, 2.05) is 0 Å². The van der Waals surface area contributed by atoms with Gasteiger partial charge in [-0.15, -0.1) is 6.42 Å². The molecule has 0 saturated carbocycles. The second-order valence-corrected chi connectivity index (χ2v) is 5.60. The molecule has 0 spiro atoms. The summed E-state index contributed by atoms with van der Waals surface area (Å²) in [7, 11) is -1.73. The van der Waals surface area contributed by atoms with E-state index >= 15 is 0 Å². The number of methoxy groups -OCH3 is 1. The standard InChI is InChI=1S/C12H15NO3S/c1-4-8-13-11-7-6-10(9-12(11)16-3)17(14,15)5-2/h1,6-7,9,13H,5,8H2,2-3H3. The summed E-state index contributed by atoms with van der Waals surface area (Å²) < 4.78 is 28.5. The Morgan fingerprint density at radius 1 is 1.47 bits per heavy atom. The van der Waals surface area contributed by atoms with Gasteiger partial charge in [0.15, 0.2) is 9.84 Å². The van der Waals surface area contributed by atoms with Crippen molar-refractivity contribution in [2.75, 3.05) is 24.7 Å². The maximum absolute atomic E-state index is 11.7. The van der Waals surface area contributed by atoms with Crippen molar-refractivity contribution in [2.24, 2.45) is 0 Å². The molecule has 1 rings (SSSR count). The number of nitrogens with one attached hydrogen (secondary N) is 1. The lowest BCUT2D eigenvalue weighted by Crippen LogP contribution is -2.06. The molecule has 4 nitrogen and oxygen atoms in total. The topological polar surface area (TPSA) is 55.4 Å². The molecule has 1 aromatic carbocycles.